The van der Waals surface area contributed by atoms with E-state index in [1.807, 2.05) is 19.1 Å². The molecule has 0 saturated heterocycles. The number of aryl methyl sites for hydroxylation is 2. The number of thiophene rings is 1. The van der Waals surface area contributed by atoms with Crippen molar-refractivity contribution in [3.05, 3.63) is 51.4 Å². The Kier molecular flexibility index (Phi) is 6.29. The van der Waals surface area contributed by atoms with E-state index in [9.17, 15) is 9.59 Å². The monoisotopic (exact) mass is 385 g/mol. The van der Waals surface area contributed by atoms with Crippen LogP contribution in [-0.4, -0.2) is 29.8 Å². The molecule has 0 bridgehead atoms. The predicted molar refractivity (Wildman–Crippen MR) is 110 cm³/mol. The van der Waals surface area contributed by atoms with E-state index in [-0.39, 0.29) is 12.5 Å². The summed E-state index contributed by atoms with van der Waals surface area (Å²) in [4.78, 5) is 27.9. The van der Waals surface area contributed by atoms with Crippen LogP contribution in [0.5, 0.6) is 0 Å². The SMILES string of the molecule is CCN(CC(=O)Nc1sc2c(c1C(N)=O)CCCC2)Cc1ccccc1C. The largest absolute Gasteiger partial charge is 0.365 e. The van der Waals surface area contributed by atoms with Gasteiger partial charge in [-0.2, -0.15) is 0 Å². The van der Waals surface area contributed by atoms with Crippen LogP contribution in [0.1, 0.15) is 51.7 Å². The van der Waals surface area contributed by atoms with Crippen LogP contribution in [0, 0.1) is 6.92 Å². The number of hydrogen-bond acceptors (Lipinski definition) is 4. The smallest absolute Gasteiger partial charge is 0.251 e. The number of fused-ring (bicyclic) bond motifs is 1. The van der Waals surface area contributed by atoms with Crippen LogP contribution in [0.25, 0.3) is 0 Å². The third kappa shape index (κ3) is 4.57. The van der Waals surface area contributed by atoms with Gasteiger partial charge in [-0.3, -0.25) is 14.5 Å². The number of nitrogens with zero attached hydrogens (tertiary/aromatic N) is 1. The minimum absolute atomic E-state index is 0.105. The van der Waals surface area contributed by atoms with Crippen LogP contribution in [0.2, 0.25) is 0 Å². The lowest BCUT2D eigenvalue weighted by Crippen LogP contribution is -2.33. The van der Waals surface area contributed by atoms with Crippen molar-refractivity contribution in [2.45, 2.75) is 46.1 Å². The molecule has 1 aromatic heterocycles. The number of nitrogens with two attached hydrogens (primary N) is 1. The number of anilines is 1. The van der Waals surface area contributed by atoms with Gasteiger partial charge in [0.05, 0.1) is 12.1 Å². The van der Waals surface area contributed by atoms with Gasteiger partial charge in [0, 0.05) is 11.4 Å². The molecule has 27 heavy (non-hydrogen) atoms. The maximum Gasteiger partial charge on any atom is 0.251 e. The number of primary amides is 1. The number of likely N-dealkylation sites (N-methyl/N-ethyl adjacent to an activating group) is 1. The summed E-state index contributed by atoms with van der Waals surface area (Å²) in [7, 11) is 0. The van der Waals surface area contributed by atoms with Gasteiger partial charge in [-0.25, -0.2) is 0 Å². The number of nitrogens with one attached hydrogen (secondary N) is 1. The van der Waals surface area contributed by atoms with Gasteiger partial charge in [0.1, 0.15) is 5.00 Å². The van der Waals surface area contributed by atoms with Gasteiger partial charge in [-0.15, -0.1) is 11.3 Å². The van der Waals surface area contributed by atoms with Crippen LogP contribution in [0.3, 0.4) is 0 Å². The zero-order valence-corrected chi connectivity index (χ0v) is 16.8. The van der Waals surface area contributed by atoms with Gasteiger partial charge in [0.25, 0.3) is 5.91 Å². The molecule has 0 saturated carbocycles. The number of hydrogen-bond donors (Lipinski definition) is 2. The highest BCUT2D eigenvalue weighted by molar-refractivity contribution is 7.17. The molecule has 0 spiro atoms. The summed E-state index contributed by atoms with van der Waals surface area (Å²) in [6.45, 7) is 5.90. The highest BCUT2D eigenvalue weighted by Crippen LogP contribution is 2.37. The van der Waals surface area contributed by atoms with Crippen LogP contribution >= 0.6 is 11.3 Å². The van der Waals surface area contributed by atoms with Gasteiger partial charge >= 0.3 is 0 Å². The molecule has 3 rings (SSSR count). The fourth-order valence-electron chi connectivity index (χ4n) is 3.59. The average molecular weight is 386 g/mol. The fraction of sp³-hybridized carbons (Fsp3) is 0.429. The molecular weight excluding hydrogens is 358 g/mol. The van der Waals surface area contributed by atoms with E-state index in [4.69, 9.17) is 5.73 Å². The van der Waals surface area contributed by atoms with Crippen molar-refractivity contribution in [1.29, 1.82) is 0 Å². The van der Waals surface area contributed by atoms with Crippen molar-refractivity contribution in [3.8, 4) is 0 Å². The second kappa shape index (κ2) is 8.67. The Bertz CT molecular complexity index is 844. The topological polar surface area (TPSA) is 75.4 Å². The van der Waals surface area contributed by atoms with E-state index in [0.29, 0.717) is 10.6 Å². The fourth-order valence-corrected chi connectivity index (χ4v) is 4.90. The maximum atomic E-state index is 12.6. The van der Waals surface area contributed by atoms with Crippen molar-refractivity contribution < 1.29 is 9.59 Å². The van der Waals surface area contributed by atoms with Crippen molar-refractivity contribution in [2.24, 2.45) is 5.73 Å². The summed E-state index contributed by atoms with van der Waals surface area (Å²) in [5, 5.41) is 3.57. The molecule has 0 radical (unpaired) electrons. The minimum Gasteiger partial charge on any atom is -0.365 e. The molecule has 6 heteroatoms. The maximum absolute atomic E-state index is 12.6. The highest BCUT2D eigenvalue weighted by atomic mass is 32.1. The molecule has 2 aromatic rings. The Morgan fingerprint density at radius 3 is 2.67 bits per heavy atom. The lowest BCUT2D eigenvalue weighted by atomic mass is 9.95. The van der Waals surface area contributed by atoms with Gasteiger partial charge in [-0.05, 0) is 55.8 Å². The highest BCUT2D eigenvalue weighted by Gasteiger charge is 2.25. The Balaban J connectivity index is 1.70. The number of carbonyl (C=O) groups excluding carboxylic acids is 2. The first-order valence-electron chi connectivity index (χ1n) is 9.50. The third-order valence-corrected chi connectivity index (χ3v) is 6.35. The third-order valence-electron chi connectivity index (χ3n) is 5.14. The summed E-state index contributed by atoms with van der Waals surface area (Å²) in [5.41, 5.74) is 9.61. The van der Waals surface area contributed by atoms with Crippen molar-refractivity contribution in [1.82, 2.24) is 4.90 Å². The van der Waals surface area contributed by atoms with E-state index in [1.165, 1.54) is 27.3 Å². The van der Waals surface area contributed by atoms with Crippen LogP contribution in [-0.2, 0) is 24.2 Å². The van der Waals surface area contributed by atoms with E-state index in [1.54, 1.807) is 0 Å². The molecule has 1 heterocycles. The van der Waals surface area contributed by atoms with E-state index in [2.05, 4.69) is 29.3 Å². The molecule has 0 atom stereocenters. The van der Waals surface area contributed by atoms with Crippen LogP contribution < -0.4 is 11.1 Å². The average Bonchev–Trinajstić information content (AvgIpc) is 3.00. The van der Waals surface area contributed by atoms with Gasteiger partial charge in [0.2, 0.25) is 5.91 Å². The Labute approximate surface area is 164 Å². The zero-order chi connectivity index (χ0) is 19.4. The second-order valence-electron chi connectivity index (χ2n) is 7.06. The normalized spacial score (nSPS) is 13.4. The summed E-state index contributed by atoms with van der Waals surface area (Å²) < 4.78 is 0. The van der Waals surface area contributed by atoms with Crippen LogP contribution in [0.15, 0.2) is 24.3 Å². The van der Waals surface area contributed by atoms with Crippen molar-refractivity contribution >= 4 is 28.2 Å². The lowest BCUT2D eigenvalue weighted by molar-refractivity contribution is -0.117. The minimum atomic E-state index is -0.447. The summed E-state index contributed by atoms with van der Waals surface area (Å²) in [5.74, 6) is -0.552. The Morgan fingerprint density at radius 2 is 1.96 bits per heavy atom. The molecule has 1 aliphatic rings. The van der Waals surface area contributed by atoms with Crippen molar-refractivity contribution in [2.75, 3.05) is 18.4 Å². The standard InChI is InChI=1S/C21H27N3O2S/c1-3-24(12-15-9-5-4-8-14(15)2)13-18(25)23-21-19(20(22)26)16-10-6-7-11-17(16)27-21/h4-5,8-9H,3,6-7,10-13H2,1-2H3,(H2,22,26)(H,23,25). The first kappa shape index (κ1) is 19.6. The Hall–Kier alpha value is -2.18. The summed E-state index contributed by atoms with van der Waals surface area (Å²) in [6.07, 6.45) is 4.02. The quantitative estimate of drug-likeness (QED) is 0.766. The molecule has 0 aliphatic heterocycles. The number of amides is 2. The number of benzene rings is 1. The van der Waals surface area contributed by atoms with Gasteiger partial charge < -0.3 is 11.1 Å². The molecule has 1 aromatic carbocycles. The lowest BCUT2D eigenvalue weighted by Gasteiger charge is -2.21. The number of rotatable bonds is 7. The molecule has 3 N–H and O–H groups in total. The van der Waals surface area contributed by atoms with E-state index in [0.717, 1.165) is 44.3 Å². The second-order valence-corrected chi connectivity index (χ2v) is 8.16. The van der Waals surface area contributed by atoms with E-state index >= 15 is 0 Å². The molecule has 5 nitrogen and oxygen atoms in total. The van der Waals surface area contributed by atoms with Gasteiger partial charge in [-0.1, -0.05) is 31.2 Å². The summed E-state index contributed by atoms with van der Waals surface area (Å²) >= 11 is 1.51. The van der Waals surface area contributed by atoms with Crippen molar-refractivity contribution in [3.63, 3.8) is 0 Å². The molecule has 1 aliphatic carbocycles. The number of carbonyl (C=O) groups is 2. The van der Waals surface area contributed by atoms with Gasteiger partial charge in [0.15, 0.2) is 0 Å². The molecule has 2 amide bonds. The van der Waals surface area contributed by atoms with E-state index < -0.39 is 5.91 Å². The first-order chi connectivity index (χ1) is 13.0. The Morgan fingerprint density at radius 1 is 1.22 bits per heavy atom. The predicted octanol–water partition coefficient (Wildman–Crippen LogP) is 3.49. The summed E-state index contributed by atoms with van der Waals surface area (Å²) in [6, 6.07) is 8.21. The molecule has 0 fully saturated rings. The molecule has 0 unspecified atom stereocenters. The molecule has 144 valence electrons. The molecular formula is C21H27N3O2S. The zero-order valence-electron chi connectivity index (χ0n) is 16.0. The van der Waals surface area contributed by atoms with Crippen LogP contribution in [0.4, 0.5) is 5.00 Å². The first-order valence-corrected chi connectivity index (χ1v) is 10.3.